The molecule has 0 unspecified atom stereocenters. The minimum absolute atomic E-state index is 0.0162. The van der Waals surface area contributed by atoms with Gasteiger partial charge in [-0.05, 0) is 44.9 Å². The molecule has 1 fully saturated rings. The first-order valence-corrected chi connectivity index (χ1v) is 10.1. The van der Waals surface area contributed by atoms with Gasteiger partial charge in [0.2, 0.25) is 5.91 Å². The lowest BCUT2D eigenvalue weighted by molar-refractivity contribution is -0.113. The van der Waals surface area contributed by atoms with Crippen LogP contribution in [0, 0.1) is 0 Å². The summed E-state index contributed by atoms with van der Waals surface area (Å²) < 4.78 is 5.37. The van der Waals surface area contributed by atoms with E-state index in [0.29, 0.717) is 25.3 Å². The highest BCUT2D eigenvalue weighted by molar-refractivity contribution is 8.00. The number of likely N-dealkylation sites (tertiary alicyclic amines) is 1. The summed E-state index contributed by atoms with van der Waals surface area (Å²) in [6.07, 6.45) is -0.389. The van der Waals surface area contributed by atoms with E-state index in [2.05, 4.69) is 10.6 Å². The third kappa shape index (κ3) is 5.37. The van der Waals surface area contributed by atoms with E-state index in [1.165, 1.54) is 11.8 Å². The van der Waals surface area contributed by atoms with Crippen LogP contribution in [0.25, 0.3) is 0 Å². The molecule has 0 aliphatic carbocycles. The van der Waals surface area contributed by atoms with Crippen molar-refractivity contribution in [3.8, 4) is 0 Å². The second-order valence-corrected chi connectivity index (χ2v) is 8.95. The lowest BCUT2D eigenvalue weighted by atomic mass is 10.0. The summed E-state index contributed by atoms with van der Waals surface area (Å²) in [5.41, 5.74) is 1.34. The molecular weight excluding hydrogens is 366 g/mol. The number of rotatable bonds is 3. The van der Waals surface area contributed by atoms with Crippen LogP contribution in [0.3, 0.4) is 0 Å². The minimum atomic E-state index is -0.654. The Morgan fingerprint density at radius 1 is 1.44 bits per heavy atom. The van der Waals surface area contributed by atoms with Crippen LogP contribution < -0.4 is 10.6 Å². The van der Waals surface area contributed by atoms with Gasteiger partial charge in [0.05, 0.1) is 24.1 Å². The molecule has 2 aliphatic heterocycles. The van der Waals surface area contributed by atoms with Crippen molar-refractivity contribution in [2.24, 2.45) is 0 Å². The maximum absolute atomic E-state index is 12.1. The van der Waals surface area contributed by atoms with E-state index in [9.17, 15) is 14.7 Å². The Kier molecular flexibility index (Phi) is 5.98. The van der Waals surface area contributed by atoms with Crippen molar-refractivity contribution in [3.05, 3.63) is 23.8 Å². The summed E-state index contributed by atoms with van der Waals surface area (Å²) >= 11 is 1.54. The van der Waals surface area contributed by atoms with Crippen LogP contribution in [-0.2, 0) is 16.1 Å². The van der Waals surface area contributed by atoms with Gasteiger partial charge >= 0.3 is 6.09 Å². The lowest BCUT2D eigenvalue weighted by Gasteiger charge is -2.37. The number of thioether (sulfide) groups is 1. The molecule has 0 bridgehead atoms. The maximum atomic E-state index is 12.1. The van der Waals surface area contributed by atoms with Crippen molar-refractivity contribution >= 4 is 29.4 Å². The van der Waals surface area contributed by atoms with Gasteiger partial charge in [0.15, 0.2) is 0 Å². The number of β-amino-alcohol motifs (C(OH)–C–C–N with tert-alkyl or cyclic N) is 1. The fourth-order valence-corrected chi connectivity index (χ4v) is 3.94. The van der Waals surface area contributed by atoms with Gasteiger partial charge in [0.25, 0.3) is 0 Å². The lowest BCUT2D eigenvalue weighted by Crippen LogP contribution is -2.54. The largest absolute Gasteiger partial charge is 0.444 e. The molecule has 27 heavy (non-hydrogen) atoms. The molecule has 0 aromatic heterocycles. The fraction of sp³-hybridized carbons (Fsp3) is 0.579. The molecule has 3 rings (SSSR count). The predicted octanol–water partition coefficient (Wildman–Crippen LogP) is 2.19. The van der Waals surface area contributed by atoms with Crippen molar-refractivity contribution in [3.63, 3.8) is 0 Å². The summed E-state index contributed by atoms with van der Waals surface area (Å²) in [5.74, 6) is 0.468. The van der Waals surface area contributed by atoms with Gasteiger partial charge in [-0.25, -0.2) is 4.79 Å². The number of hydrogen-bond acceptors (Lipinski definition) is 6. The highest BCUT2D eigenvalue weighted by atomic mass is 32.2. The van der Waals surface area contributed by atoms with E-state index in [-0.39, 0.29) is 24.6 Å². The molecule has 2 atom stereocenters. The van der Waals surface area contributed by atoms with Gasteiger partial charge < -0.3 is 25.4 Å². The van der Waals surface area contributed by atoms with E-state index in [4.69, 9.17) is 4.74 Å². The summed E-state index contributed by atoms with van der Waals surface area (Å²) in [6.45, 7) is 6.87. The van der Waals surface area contributed by atoms with Crippen molar-refractivity contribution in [1.29, 1.82) is 0 Å². The predicted molar refractivity (Wildman–Crippen MR) is 105 cm³/mol. The third-order valence-corrected chi connectivity index (χ3v) is 5.55. The molecular formula is C19H27N3O4S. The number of amides is 2. The number of nitrogens with zero attached hydrogens (tertiary/aromatic N) is 1. The number of hydrogen-bond donors (Lipinski definition) is 3. The smallest absolute Gasteiger partial charge is 0.410 e. The number of carbonyl (C=O) groups excluding carboxylic acids is 2. The molecule has 1 aromatic carbocycles. The number of carbonyl (C=O) groups is 2. The van der Waals surface area contributed by atoms with Crippen molar-refractivity contribution in [2.45, 2.75) is 56.4 Å². The second kappa shape index (κ2) is 8.08. The first-order chi connectivity index (χ1) is 12.7. The van der Waals surface area contributed by atoms with Gasteiger partial charge in [0.1, 0.15) is 5.60 Å². The van der Waals surface area contributed by atoms with E-state index in [1.807, 2.05) is 39.0 Å². The molecule has 7 nitrogen and oxygen atoms in total. The Balaban J connectivity index is 1.52. The summed E-state index contributed by atoms with van der Waals surface area (Å²) in [7, 11) is 0. The van der Waals surface area contributed by atoms with Gasteiger partial charge in [-0.3, -0.25) is 4.79 Å². The van der Waals surface area contributed by atoms with Gasteiger partial charge in [-0.15, -0.1) is 11.8 Å². The number of nitrogens with one attached hydrogen (secondary N) is 2. The van der Waals surface area contributed by atoms with Crippen LogP contribution in [0.1, 0.15) is 32.8 Å². The topological polar surface area (TPSA) is 90.9 Å². The molecule has 0 saturated carbocycles. The van der Waals surface area contributed by atoms with Crippen LogP contribution in [0.15, 0.2) is 23.1 Å². The monoisotopic (exact) mass is 393 g/mol. The zero-order valence-electron chi connectivity index (χ0n) is 15.9. The SMILES string of the molecule is CC(C)(C)OC(=O)N1CC[C@H](NCc2ccc3c(c2)NC(=O)CS3)[C@@H](O)C1. The average molecular weight is 394 g/mol. The van der Waals surface area contributed by atoms with Crippen LogP contribution in [0.4, 0.5) is 10.5 Å². The normalized spacial score (nSPS) is 22.8. The number of aliphatic hydroxyl groups is 1. The Hall–Kier alpha value is -1.77. The molecule has 2 heterocycles. The van der Waals surface area contributed by atoms with Gasteiger partial charge in [-0.2, -0.15) is 0 Å². The van der Waals surface area contributed by atoms with Crippen molar-refractivity contribution < 1.29 is 19.4 Å². The number of ether oxygens (including phenoxy) is 1. The van der Waals surface area contributed by atoms with Gasteiger partial charge in [-0.1, -0.05) is 6.07 Å². The zero-order chi connectivity index (χ0) is 19.6. The van der Waals surface area contributed by atoms with Crippen LogP contribution >= 0.6 is 11.8 Å². The Bertz CT molecular complexity index is 719. The first-order valence-electron chi connectivity index (χ1n) is 9.16. The van der Waals surface area contributed by atoms with Crippen LogP contribution in [0.2, 0.25) is 0 Å². The molecule has 2 amide bonds. The highest BCUT2D eigenvalue weighted by Gasteiger charge is 2.32. The summed E-state index contributed by atoms with van der Waals surface area (Å²) in [4.78, 5) is 26.3. The molecule has 8 heteroatoms. The van der Waals surface area contributed by atoms with Crippen molar-refractivity contribution in [2.75, 3.05) is 24.2 Å². The Morgan fingerprint density at radius 2 is 2.22 bits per heavy atom. The quantitative estimate of drug-likeness (QED) is 0.729. The number of benzene rings is 1. The Labute approximate surface area is 163 Å². The molecule has 3 N–H and O–H groups in total. The van der Waals surface area contributed by atoms with E-state index >= 15 is 0 Å². The fourth-order valence-electron chi connectivity index (χ4n) is 3.15. The molecule has 148 valence electrons. The average Bonchev–Trinajstić information content (AvgIpc) is 2.58. The number of fused-ring (bicyclic) bond motifs is 1. The zero-order valence-corrected chi connectivity index (χ0v) is 16.8. The second-order valence-electron chi connectivity index (χ2n) is 7.94. The molecule has 0 radical (unpaired) electrons. The van der Waals surface area contributed by atoms with E-state index in [0.717, 1.165) is 16.1 Å². The minimum Gasteiger partial charge on any atom is -0.444 e. The standard InChI is InChI=1S/C19H27N3O4S/c1-19(2,3)26-18(25)22-7-6-13(15(23)10-22)20-9-12-4-5-16-14(8-12)21-17(24)11-27-16/h4-5,8,13,15,20,23H,6-7,9-11H2,1-3H3,(H,21,24)/t13-,15-/m0/s1. The summed E-state index contributed by atoms with van der Waals surface area (Å²) in [5, 5.41) is 16.7. The summed E-state index contributed by atoms with van der Waals surface area (Å²) in [6, 6.07) is 5.91. The number of piperidine rings is 1. The maximum Gasteiger partial charge on any atom is 0.410 e. The molecule has 2 aliphatic rings. The number of aliphatic hydroxyl groups excluding tert-OH is 1. The Morgan fingerprint density at radius 3 is 2.93 bits per heavy atom. The molecule has 0 spiro atoms. The number of anilines is 1. The van der Waals surface area contributed by atoms with E-state index in [1.54, 1.807) is 4.90 Å². The molecule has 1 saturated heterocycles. The van der Waals surface area contributed by atoms with Crippen LogP contribution in [0.5, 0.6) is 0 Å². The van der Waals surface area contributed by atoms with Crippen molar-refractivity contribution in [1.82, 2.24) is 10.2 Å². The third-order valence-electron chi connectivity index (χ3n) is 4.48. The van der Waals surface area contributed by atoms with E-state index < -0.39 is 11.7 Å². The first kappa shape index (κ1) is 20.0. The van der Waals surface area contributed by atoms with Crippen LogP contribution in [-0.4, -0.2) is 58.6 Å². The highest BCUT2D eigenvalue weighted by Crippen LogP contribution is 2.32. The molecule has 1 aromatic rings. The van der Waals surface area contributed by atoms with Gasteiger partial charge in [0, 0.05) is 24.0 Å².